The average Bonchev–Trinajstić information content (AvgIpc) is 2.44. The van der Waals surface area contributed by atoms with Crippen LogP contribution < -0.4 is 10.3 Å². The largest absolute Gasteiger partial charge is 0.490 e. The number of aromatic nitrogens is 2. The summed E-state index contributed by atoms with van der Waals surface area (Å²) in [6, 6.07) is 9.03. The fourth-order valence-electron chi connectivity index (χ4n) is 1.95. The summed E-state index contributed by atoms with van der Waals surface area (Å²) in [7, 11) is 0. The van der Waals surface area contributed by atoms with E-state index in [1.165, 1.54) is 6.07 Å². The molecule has 0 aliphatic carbocycles. The number of hydrogen-bond donors (Lipinski definition) is 1. The number of aromatic amines is 1. The zero-order chi connectivity index (χ0) is 15.2. The van der Waals surface area contributed by atoms with E-state index in [0.29, 0.717) is 23.9 Å². The maximum atomic E-state index is 11.8. The second-order valence-corrected chi connectivity index (χ2v) is 4.88. The molecule has 0 saturated heterocycles. The van der Waals surface area contributed by atoms with Crippen molar-refractivity contribution >= 4 is 0 Å². The third-order valence-electron chi connectivity index (χ3n) is 2.76. The second kappa shape index (κ2) is 7.04. The van der Waals surface area contributed by atoms with Crippen molar-refractivity contribution in [2.24, 2.45) is 0 Å². The van der Waals surface area contributed by atoms with Crippen LogP contribution in [0.15, 0.2) is 35.1 Å². The highest BCUT2D eigenvalue weighted by Crippen LogP contribution is 2.28. The molecule has 5 nitrogen and oxygen atoms in total. The standard InChI is InChI=1S/C16H20N2O3/c1-4-20-10-15-17-13(9-16(19)18-15)12-7-5-6-8-14(12)21-11(2)3/h5-9,11H,4,10H2,1-3H3,(H,17,18,19). The molecule has 112 valence electrons. The van der Waals surface area contributed by atoms with Crippen molar-refractivity contribution in [2.45, 2.75) is 33.5 Å². The first-order chi connectivity index (χ1) is 10.1. The van der Waals surface area contributed by atoms with Crippen molar-refractivity contribution in [1.29, 1.82) is 0 Å². The number of hydrogen-bond acceptors (Lipinski definition) is 4. The molecule has 1 N–H and O–H groups in total. The molecule has 0 fully saturated rings. The Morgan fingerprint density at radius 3 is 2.76 bits per heavy atom. The van der Waals surface area contributed by atoms with Crippen molar-refractivity contribution < 1.29 is 9.47 Å². The Bertz CT molecular complexity index is 650. The highest BCUT2D eigenvalue weighted by Gasteiger charge is 2.10. The van der Waals surface area contributed by atoms with Crippen molar-refractivity contribution in [2.75, 3.05) is 6.61 Å². The molecule has 1 aromatic heterocycles. The molecule has 0 unspecified atom stereocenters. The van der Waals surface area contributed by atoms with Gasteiger partial charge in [0.05, 0.1) is 11.8 Å². The van der Waals surface area contributed by atoms with E-state index in [1.54, 1.807) is 0 Å². The molecule has 0 bridgehead atoms. The van der Waals surface area contributed by atoms with E-state index in [4.69, 9.17) is 9.47 Å². The molecular formula is C16H20N2O3. The summed E-state index contributed by atoms with van der Waals surface area (Å²) in [4.78, 5) is 18.9. The highest BCUT2D eigenvalue weighted by molar-refractivity contribution is 5.66. The predicted octanol–water partition coefficient (Wildman–Crippen LogP) is 2.76. The molecule has 0 aliphatic rings. The first kappa shape index (κ1) is 15.3. The van der Waals surface area contributed by atoms with Crippen molar-refractivity contribution in [3.63, 3.8) is 0 Å². The number of rotatable bonds is 6. The number of H-pyrrole nitrogens is 1. The van der Waals surface area contributed by atoms with Gasteiger partial charge in [-0.15, -0.1) is 0 Å². The zero-order valence-electron chi connectivity index (χ0n) is 12.6. The van der Waals surface area contributed by atoms with Gasteiger partial charge in [0.2, 0.25) is 0 Å². The van der Waals surface area contributed by atoms with Crippen LogP contribution in [0.25, 0.3) is 11.3 Å². The van der Waals surface area contributed by atoms with Crippen LogP contribution in [-0.4, -0.2) is 22.7 Å². The molecule has 0 spiro atoms. The average molecular weight is 288 g/mol. The fraction of sp³-hybridized carbons (Fsp3) is 0.375. The zero-order valence-corrected chi connectivity index (χ0v) is 12.6. The maximum absolute atomic E-state index is 11.8. The molecule has 5 heteroatoms. The number of nitrogens with one attached hydrogen (secondary N) is 1. The quantitative estimate of drug-likeness (QED) is 0.887. The summed E-state index contributed by atoms with van der Waals surface area (Å²) >= 11 is 0. The summed E-state index contributed by atoms with van der Waals surface area (Å²) < 4.78 is 11.1. The van der Waals surface area contributed by atoms with Crippen LogP contribution in [0.4, 0.5) is 0 Å². The van der Waals surface area contributed by atoms with Gasteiger partial charge in [-0.25, -0.2) is 4.98 Å². The van der Waals surface area contributed by atoms with Crippen molar-refractivity contribution in [3.8, 4) is 17.0 Å². The molecule has 2 aromatic rings. The van der Waals surface area contributed by atoms with E-state index in [0.717, 1.165) is 5.56 Å². The van der Waals surface area contributed by atoms with Crippen LogP contribution in [0.3, 0.4) is 0 Å². The SMILES string of the molecule is CCOCc1nc(-c2ccccc2OC(C)C)cc(=O)[nH]1. The normalized spacial score (nSPS) is 10.9. The molecule has 1 aromatic carbocycles. The van der Waals surface area contributed by atoms with E-state index < -0.39 is 0 Å². The van der Waals surface area contributed by atoms with E-state index >= 15 is 0 Å². The summed E-state index contributed by atoms with van der Waals surface area (Å²) in [5.41, 5.74) is 1.19. The topological polar surface area (TPSA) is 64.2 Å². The van der Waals surface area contributed by atoms with Crippen LogP contribution in [-0.2, 0) is 11.3 Å². The van der Waals surface area contributed by atoms with Crippen LogP contribution >= 0.6 is 0 Å². The highest BCUT2D eigenvalue weighted by atomic mass is 16.5. The third-order valence-corrected chi connectivity index (χ3v) is 2.76. The van der Waals surface area contributed by atoms with Gasteiger partial charge in [-0.3, -0.25) is 4.79 Å². The Morgan fingerprint density at radius 2 is 2.05 bits per heavy atom. The van der Waals surface area contributed by atoms with Gasteiger partial charge >= 0.3 is 0 Å². The van der Waals surface area contributed by atoms with E-state index in [2.05, 4.69) is 9.97 Å². The lowest BCUT2D eigenvalue weighted by molar-refractivity contribution is 0.128. The Balaban J connectivity index is 2.41. The molecule has 0 saturated carbocycles. The minimum atomic E-state index is -0.200. The van der Waals surface area contributed by atoms with Crippen LogP contribution in [0, 0.1) is 0 Å². The van der Waals surface area contributed by atoms with Gasteiger partial charge in [-0.2, -0.15) is 0 Å². The fourth-order valence-corrected chi connectivity index (χ4v) is 1.95. The minimum absolute atomic E-state index is 0.0519. The predicted molar refractivity (Wildman–Crippen MR) is 81.4 cm³/mol. The number of nitrogens with zero attached hydrogens (tertiary/aromatic N) is 1. The van der Waals surface area contributed by atoms with Gasteiger partial charge in [0.1, 0.15) is 18.2 Å². The second-order valence-electron chi connectivity index (χ2n) is 4.88. The van der Waals surface area contributed by atoms with E-state index in [1.807, 2.05) is 45.0 Å². The molecule has 0 atom stereocenters. The van der Waals surface area contributed by atoms with E-state index in [9.17, 15) is 4.79 Å². The third kappa shape index (κ3) is 4.16. The summed E-state index contributed by atoms with van der Waals surface area (Å²) in [5.74, 6) is 1.23. The first-order valence-electron chi connectivity index (χ1n) is 7.04. The lowest BCUT2D eigenvalue weighted by atomic mass is 10.1. The Kier molecular flexibility index (Phi) is 5.11. The number of ether oxygens (including phenoxy) is 2. The van der Waals surface area contributed by atoms with Crippen LogP contribution in [0.5, 0.6) is 5.75 Å². The number of para-hydroxylation sites is 1. The molecule has 2 rings (SSSR count). The van der Waals surface area contributed by atoms with Crippen molar-refractivity contribution in [3.05, 3.63) is 46.5 Å². The number of benzene rings is 1. The van der Waals surface area contributed by atoms with Crippen LogP contribution in [0.1, 0.15) is 26.6 Å². The van der Waals surface area contributed by atoms with Gasteiger partial charge in [0.25, 0.3) is 5.56 Å². The molecular weight excluding hydrogens is 268 g/mol. The van der Waals surface area contributed by atoms with Gasteiger partial charge in [-0.1, -0.05) is 12.1 Å². The molecule has 1 heterocycles. The van der Waals surface area contributed by atoms with Crippen LogP contribution in [0.2, 0.25) is 0 Å². The van der Waals surface area contributed by atoms with Gasteiger partial charge in [-0.05, 0) is 32.9 Å². The van der Waals surface area contributed by atoms with E-state index in [-0.39, 0.29) is 18.3 Å². The maximum Gasteiger partial charge on any atom is 0.251 e. The Labute approximate surface area is 124 Å². The van der Waals surface area contributed by atoms with Gasteiger partial charge in [0.15, 0.2) is 0 Å². The van der Waals surface area contributed by atoms with Gasteiger partial charge in [0, 0.05) is 18.2 Å². The monoisotopic (exact) mass is 288 g/mol. The lowest BCUT2D eigenvalue weighted by Gasteiger charge is -2.14. The summed E-state index contributed by atoms with van der Waals surface area (Å²) in [6.07, 6.45) is 0.0519. The first-order valence-corrected chi connectivity index (χ1v) is 7.04. The Morgan fingerprint density at radius 1 is 1.29 bits per heavy atom. The molecule has 0 aliphatic heterocycles. The summed E-state index contributed by atoms with van der Waals surface area (Å²) in [5, 5.41) is 0. The Hall–Kier alpha value is -2.14. The van der Waals surface area contributed by atoms with Crippen molar-refractivity contribution in [1.82, 2.24) is 9.97 Å². The van der Waals surface area contributed by atoms with Gasteiger partial charge < -0.3 is 14.5 Å². The lowest BCUT2D eigenvalue weighted by Crippen LogP contribution is -2.13. The smallest absolute Gasteiger partial charge is 0.251 e. The summed E-state index contributed by atoms with van der Waals surface area (Å²) in [6.45, 7) is 6.67. The molecule has 21 heavy (non-hydrogen) atoms. The molecule has 0 radical (unpaired) electrons. The molecule has 0 amide bonds. The minimum Gasteiger partial charge on any atom is -0.490 e.